The molecule has 84 valence electrons. The van der Waals surface area contributed by atoms with Gasteiger partial charge in [-0.25, -0.2) is 0 Å². The molecule has 0 aliphatic heterocycles. The summed E-state index contributed by atoms with van der Waals surface area (Å²) in [5, 5.41) is 8.78. The van der Waals surface area contributed by atoms with Crippen molar-refractivity contribution in [2.75, 3.05) is 0 Å². The molecule has 0 bridgehead atoms. The second-order valence-electron chi connectivity index (χ2n) is 3.22. The third-order valence-electron chi connectivity index (χ3n) is 2.01. The van der Waals surface area contributed by atoms with Gasteiger partial charge >= 0.3 is 6.61 Å². The molecular weight excluding hydrogens is 216 g/mol. The Morgan fingerprint density at radius 3 is 2.56 bits per heavy atom. The van der Waals surface area contributed by atoms with E-state index in [4.69, 9.17) is 5.26 Å². The summed E-state index contributed by atoms with van der Waals surface area (Å²) < 4.78 is 28.4. The number of hydrogen-bond acceptors (Lipinski definition) is 3. The maximum atomic E-state index is 12.1. The van der Waals surface area contributed by atoms with Crippen LogP contribution in [0.2, 0.25) is 0 Å². The van der Waals surface area contributed by atoms with Gasteiger partial charge in [0.05, 0.1) is 5.56 Å². The highest BCUT2D eigenvalue weighted by molar-refractivity contribution is 5.95. The number of carbonyl (C=O) groups excluding carboxylic acids is 1. The van der Waals surface area contributed by atoms with Crippen molar-refractivity contribution in [3.8, 4) is 11.8 Å². The molecule has 0 aliphatic rings. The number of aryl methyl sites for hydroxylation is 1. The number of nitrogens with zero attached hydrogens (tertiary/aromatic N) is 1. The lowest BCUT2D eigenvalue weighted by atomic mass is 10.0. The molecule has 0 aliphatic carbocycles. The van der Waals surface area contributed by atoms with Gasteiger partial charge in [-0.1, -0.05) is 0 Å². The molecule has 0 fully saturated rings. The zero-order valence-electron chi connectivity index (χ0n) is 8.75. The molecule has 1 aromatic rings. The number of ether oxygens (including phenoxy) is 1. The lowest BCUT2D eigenvalue weighted by Crippen LogP contribution is -2.06. The molecule has 16 heavy (non-hydrogen) atoms. The number of ketones is 1. The zero-order valence-corrected chi connectivity index (χ0v) is 8.75. The number of rotatable bonds is 3. The van der Waals surface area contributed by atoms with Gasteiger partial charge in [0.15, 0.2) is 5.78 Å². The van der Waals surface area contributed by atoms with E-state index in [9.17, 15) is 13.6 Å². The molecule has 1 aromatic carbocycles. The molecule has 0 N–H and O–H groups in total. The van der Waals surface area contributed by atoms with E-state index in [1.807, 2.05) is 0 Å². The van der Waals surface area contributed by atoms with Crippen LogP contribution >= 0.6 is 0 Å². The van der Waals surface area contributed by atoms with Crippen LogP contribution in [0.15, 0.2) is 12.1 Å². The van der Waals surface area contributed by atoms with Gasteiger partial charge < -0.3 is 4.74 Å². The summed E-state index contributed by atoms with van der Waals surface area (Å²) in [5.74, 6) is -0.411. The molecule has 3 nitrogen and oxygen atoms in total. The summed E-state index contributed by atoms with van der Waals surface area (Å²) in [6.07, 6.45) is 0. The Labute approximate surface area is 91.3 Å². The van der Waals surface area contributed by atoms with Crippen LogP contribution in [0.4, 0.5) is 8.78 Å². The minimum absolute atomic E-state index is 0.0644. The molecule has 0 radical (unpaired) electrons. The third-order valence-corrected chi connectivity index (χ3v) is 2.01. The molecule has 0 amide bonds. The van der Waals surface area contributed by atoms with Crippen LogP contribution in [0.25, 0.3) is 0 Å². The van der Waals surface area contributed by atoms with Gasteiger partial charge in [0.1, 0.15) is 11.8 Å². The summed E-state index contributed by atoms with van der Waals surface area (Å²) in [4.78, 5) is 11.1. The van der Waals surface area contributed by atoms with Crippen LogP contribution in [-0.2, 0) is 0 Å². The topological polar surface area (TPSA) is 50.1 Å². The zero-order chi connectivity index (χ0) is 12.3. The van der Waals surface area contributed by atoms with Gasteiger partial charge in [0.2, 0.25) is 0 Å². The van der Waals surface area contributed by atoms with Crippen LogP contribution < -0.4 is 4.74 Å². The minimum Gasteiger partial charge on any atom is -0.433 e. The Kier molecular flexibility index (Phi) is 3.56. The van der Waals surface area contributed by atoms with E-state index in [1.165, 1.54) is 26.0 Å². The van der Waals surface area contributed by atoms with E-state index in [0.717, 1.165) is 0 Å². The fourth-order valence-electron chi connectivity index (χ4n) is 1.31. The van der Waals surface area contributed by atoms with Crippen molar-refractivity contribution in [3.05, 3.63) is 28.8 Å². The smallest absolute Gasteiger partial charge is 0.387 e. The summed E-state index contributed by atoms with van der Waals surface area (Å²) in [6, 6.07) is 4.39. The van der Waals surface area contributed by atoms with Crippen LogP contribution in [0.3, 0.4) is 0 Å². The molecule has 0 saturated heterocycles. The standard InChI is InChI=1S/C11H9F2NO2/c1-6-3-8(7(2)15)4-9(5-14)10(6)16-11(12)13/h3-4,11H,1-2H3. The molecule has 1 rings (SSSR count). The van der Waals surface area contributed by atoms with Gasteiger partial charge in [0.25, 0.3) is 0 Å². The molecule has 0 spiro atoms. The van der Waals surface area contributed by atoms with Crippen LogP contribution in [0.5, 0.6) is 5.75 Å². The summed E-state index contributed by atoms with van der Waals surface area (Å²) in [6.45, 7) is -0.150. The number of halogens is 2. The molecule has 0 aromatic heterocycles. The largest absolute Gasteiger partial charge is 0.433 e. The molecule has 0 unspecified atom stereocenters. The molecular formula is C11H9F2NO2. The van der Waals surface area contributed by atoms with Crippen molar-refractivity contribution < 1.29 is 18.3 Å². The highest BCUT2D eigenvalue weighted by Crippen LogP contribution is 2.26. The highest BCUT2D eigenvalue weighted by atomic mass is 19.3. The van der Waals surface area contributed by atoms with E-state index < -0.39 is 6.61 Å². The lowest BCUT2D eigenvalue weighted by molar-refractivity contribution is -0.0504. The van der Waals surface area contributed by atoms with Gasteiger partial charge in [-0.3, -0.25) is 4.79 Å². The first kappa shape index (κ1) is 12.1. The Morgan fingerprint density at radius 2 is 2.12 bits per heavy atom. The van der Waals surface area contributed by atoms with Crippen molar-refractivity contribution >= 4 is 5.78 Å². The van der Waals surface area contributed by atoms with E-state index in [1.54, 1.807) is 6.07 Å². The second-order valence-corrected chi connectivity index (χ2v) is 3.22. The van der Waals surface area contributed by atoms with Crippen molar-refractivity contribution in [3.63, 3.8) is 0 Å². The maximum Gasteiger partial charge on any atom is 0.387 e. The lowest BCUT2D eigenvalue weighted by Gasteiger charge is -2.10. The Bertz CT molecular complexity index is 464. The van der Waals surface area contributed by atoms with Gasteiger partial charge in [-0.2, -0.15) is 14.0 Å². The average molecular weight is 225 g/mol. The molecule has 0 saturated carbocycles. The van der Waals surface area contributed by atoms with Crippen LogP contribution in [0, 0.1) is 18.3 Å². The Morgan fingerprint density at radius 1 is 1.50 bits per heavy atom. The van der Waals surface area contributed by atoms with Crippen LogP contribution in [-0.4, -0.2) is 12.4 Å². The first-order chi connectivity index (χ1) is 7.45. The van der Waals surface area contributed by atoms with E-state index in [0.29, 0.717) is 11.1 Å². The summed E-state index contributed by atoms with van der Waals surface area (Å²) in [5.41, 5.74) is 0.575. The second kappa shape index (κ2) is 4.71. The number of carbonyl (C=O) groups is 1. The summed E-state index contributed by atoms with van der Waals surface area (Å²) in [7, 11) is 0. The SMILES string of the molecule is CC(=O)c1cc(C)c(OC(F)F)c(C#N)c1. The number of hydrogen-bond donors (Lipinski definition) is 0. The van der Waals surface area contributed by atoms with Crippen molar-refractivity contribution in [1.29, 1.82) is 5.26 Å². The normalized spacial score (nSPS) is 10.0. The van der Waals surface area contributed by atoms with Crippen molar-refractivity contribution in [2.45, 2.75) is 20.5 Å². The number of alkyl halides is 2. The Hall–Kier alpha value is -1.96. The Balaban J connectivity index is 3.30. The van der Waals surface area contributed by atoms with Crippen LogP contribution in [0.1, 0.15) is 28.4 Å². The first-order valence-electron chi connectivity index (χ1n) is 4.46. The maximum absolute atomic E-state index is 12.1. The summed E-state index contributed by atoms with van der Waals surface area (Å²) >= 11 is 0. The predicted octanol–water partition coefficient (Wildman–Crippen LogP) is 2.67. The predicted molar refractivity (Wildman–Crippen MR) is 52.5 cm³/mol. The van der Waals surface area contributed by atoms with Gasteiger partial charge in [0, 0.05) is 5.56 Å². The van der Waals surface area contributed by atoms with E-state index >= 15 is 0 Å². The minimum atomic E-state index is -2.99. The van der Waals surface area contributed by atoms with Gasteiger partial charge in [-0.05, 0) is 31.5 Å². The van der Waals surface area contributed by atoms with Crippen molar-refractivity contribution in [2.24, 2.45) is 0 Å². The fraction of sp³-hybridized carbons (Fsp3) is 0.273. The first-order valence-corrected chi connectivity index (χ1v) is 4.46. The van der Waals surface area contributed by atoms with Crippen molar-refractivity contribution in [1.82, 2.24) is 0 Å². The third kappa shape index (κ3) is 2.54. The number of Topliss-reactive ketones (excluding diaryl/α,β-unsaturated/α-hetero) is 1. The van der Waals surface area contributed by atoms with E-state index in [-0.39, 0.29) is 17.1 Å². The number of nitriles is 1. The highest BCUT2D eigenvalue weighted by Gasteiger charge is 2.15. The molecule has 0 heterocycles. The fourth-order valence-corrected chi connectivity index (χ4v) is 1.31. The van der Waals surface area contributed by atoms with Gasteiger partial charge in [-0.15, -0.1) is 0 Å². The molecule has 5 heteroatoms. The number of benzene rings is 1. The molecule has 0 atom stereocenters. The van der Waals surface area contributed by atoms with E-state index in [2.05, 4.69) is 4.74 Å². The average Bonchev–Trinajstić information content (AvgIpc) is 2.19. The monoisotopic (exact) mass is 225 g/mol. The quantitative estimate of drug-likeness (QED) is 0.743.